The van der Waals surface area contributed by atoms with E-state index in [-0.39, 0.29) is 5.97 Å². The van der Waals surface area contributed by atoms with Crippen LogP contribution >= 0.6 is 22.9 Å². The summed E-state index contributed by atoms with van der Waals surface area (Å²) in [4.78, 5) is 21.1. The van der Waals surface area contributed by atoms with Gasteiger partial charge in [-0.3, -0.25) is 9.69 Å². The third kappa shape index (κ3) is 5.56. The van der Waals surface area contributed by atoms with E-state index in [0.29, 0.717) is 11.8 Å². The Hall–Kier alpha value is -2.15. The minimum absolute atomic E-state index is 0.288. The highest BCUT2D eigenvalue weighted by atomic mass is 35.5. The van der Waals surface area contributed by atoms with Gasteiger partial charge in [0, 0.05) is 37.6 Å². The highest BCUT2D eigenvalue weighted by molar-refractivity contribution is 7.22. The number of fused-ring (bicyclic) bond motifs is 1. The number of rotatable bonds is 8. The zero-order valence-electron chi connectivity index (χ0n) is 18.0. The molecule has 0 saturated carbocycles. The molecule has 3 aromatic rings. The van der Waals surface area contributed by atoms with Gasteiger partial charge in [0.1, 0.15) is 5.75 Å². The summed E-state index contributed by atoms with van der Waals surface area (Å²) in [5.74, 6) is 0.324. The van der Waals surface area contributed by atoms with Gasteiger partial charge in [-0.15, -0.1) is 0 Å². The summed E-state index contributed by atoms with van der Waals surface area (Å²) >= 11 is 7.86. The monoisotopic (exact) mass is 457 g/mol. The van der Waals surface area contributed by atoms with E-state index < -0.39 is 0 Å². The average molecular weight is 458 g/mol. The van der Waals surface area contributed by atoms with Crippen molar-refractivity contribution in [3.8, 4) is 5.75 Å². The van der Waals surface area contributed by atoms with E-state index in [4.69, 9.17) is 21.3 Å². The van der Waals surface area contributed by atoms with Crippen LogP contribution in [-0.4, -0.2) is 41.5 Å². The molecular weight excluding hydrogens is 430 g/mol. The molecule has 1 atom stereocenters. The van der Waals surface area contributed by atoms with Gasteiger partial charge in [0.15, 0.2) is 5.13 Å². The first-order chi connectivity index (χ1) is 15.0. The molecule has 1 aliphatic rings. The molecule has 1 unspecified atom stereocenters. The van der Waals surface area contributed by atoms with Crippen molar-refractivity contribution in [1.82, 2.24) is 9.88 Å². The molecule has 2 heterocycles. The molecule has 0 aliphatic carbocycles. The summed E-state index contributed by atoms with van der Waals surface area (Å²) in [6.07, 6.45) is 3.45. The number of benzene rings is 2. The van der Waals surface area contributed by atoms with Gasteiger partial charge in [0.25, 0.3) is 0 Å². The molecule has 31 heavy (non-hydrogen) atoms. The van der Waals surface area contributed by atoms with Gasteiger partial charge in [0.2, 0.25) is 0 Å². The maximum Gasteiger partial charge on any atom is 0.308 e. The van der Waals surface area contributed by atoms with Gasteiger partial charge in [-0.25, -0.2) is 4.98 Å². The van der Waals surface area contributed by atoms with E-state index in [9.17, 15) is 4.79 Å². The number of hydrogen-bond donors (Lipinski definition) is 0. The van der Waals surface area contributed by atoms with Gasteiger partial charge in [-0.1, -0.05) is 48.4 Å². The van der Waals surface area contributed by atoms with Gasteiger partial charge < -0.3 is 9.64 Å². The molecule has 1 fully saturated rings. The Morgan fingerprint density at radius 2 is 2.19 bits per heavy atom. The van der Waals surface area contributed by atoms with E-state index in [1.165, 1.54) is 25.3 Å². The van der Waals surface area contributed by atoms with Gasteiger partial charge in [0.05, 0.1) is 10.2 Å². The van der Waals surface area contributed by atoms with Crippen molar-refractivity contribution in [2.75, 3.05) is 24.5 Å². The van der Waals surface area contributed by atoms with Crippen molar-refractivity contribution in [2.45, 2.75) is 45.7 Å². The first-order valence-corrected chi connectivity index (χ1v) is 12.0. The normalized spacial score (nSPS) is 16.4. The van der Waals surface area contributed by atoms with Crippen LogP contribution < -0.4 is 9.64 Å². The maximum absolute atomic E-state index is 11.3. The lowest BCUT2D eigenvalue weighted by molar-refractivity contribution is -0.131. The number of halogens is 1. The summed E-state index contributed by atoms with van der Waals surface area (Å²) in [6, 6.07) is 14.2. The van der Waals surface area contributed by atoms with Crippen LogP contribution in [0.2, 0.25) is 5.02 Å². The third-order valence-corrected chi connectivity index (χ3v) is 6.95. The highest BCUT2D eigenvalue weighted by Gasteiger charge is 2.29. The quantitative estimate of drug-likeness (QED) is 0.318. The summed E-state index contributed by atoms with van der Waals surface area (Å²) in [5, 5.41) is 1.83. The first kappa shape index (κ1) is 22.1. The van der Waals surface area contributed by atoms with Crippen LogP contribution in [0.1, 0.15) is 38.7 Å². The number of esters is 1. The van der Waals surface area contributed by atoms with Crippen LogP contribution in [0.4, 0.5) is 5.13 Å². The Bertz CT molecular complexity index is 1050. The van der Waals surface area contributed by atoms with Gasteiger partial charge in [-0.2, -0.15) is 0 Å². The number of aromatic nitrogens is 1. The number of anilines is 1. The summed E-state index contributed by atoms with van der Waals surface area (Å²) in [7, 11) is 0. The lowest BCUT2D eigenvalue weighted by Gasteiger charge is -2.29. The highest BCUT2D eigenvalue weighted by Crippen LogP contribution is 2.33. The van der Waals surface area contributed by atoms with Crippen molar-refractivity contribution in [2.24, 2.45) is 0 Å². The second-order valence-electron chi connectivity index (χ2n) is 8.06. The van der Waals surface area contributed by atoms with Crippen LogP contribution in [0.5, 0.6) is 5.75 Å². The van der Waals surface area contributed by atoms with Crippen molar-refractivity contribution in [3.63, 3.8) is 0 Å². The second kappa shape index (κ2) is 9.98. The maximum atomic E-state index is 11.3. The van der Waals surface area contributed by atoms with Crippen LogP contribution in [-0.2, 0) is 11.3 Å². The SMILES string of the molecule is CCCCN(Cc1cccc(OC(C)=O)c1)C1CCN(c2nc3ccc(Cl)cc3s2)C1. The third-order valence-electron chi connectivity index (χ3n) is 5.63. The van der Waals surface area contributed by atoms with Gasteiger partial charge >= 0.3 is 5.97 Å². The molecule has 164 valence electrons. The molecule has 0 N–H and O–H groups in total. The van der Waals surface area contributed by atoms with E-state index in [0.717, 1.165) is 53.0 Å². The average Bonchev–Trinajstić information content (AvgIpc) is 3.37. The molecular formula is C24H28ClN3O2S. The molecule has 0 amide bonds. The fourth-order valence-corrected chi connectivity index (χ4v) is 5.37. The van der Waals surface area contributed by atoms with Crippen molar-refractivity contribution in [1.29, 1.82) is 0 Å². The number of hydrogen-bond acceptors (Lipinski definition) is 6. The molecule has 1 aromatic heterocycles. The number of carbonyl (C=O) groups excluding carboxylic acids is 1. The summed E-state index contributed by atoms with van der Waals surface area (Å²) < 4.78 is 6.41. The molecule has 5 nitrogen and oxygen atoms in total. The molecule has 0 radical (unpaired) electrons. The Morgan fingerprint density at radius 1 is 1.32 bits per heavy atom. The molecule has 0 spiro atoms. The summed E-state index contributed by atoms with van der Waals surface area (Å²) in [5.41, 5.74) is 2.18. The molecule has 0 bridgehead atoms. The topological polar surface area (TPSA) is 45.7 Å². The van der Waals surface area contributed by atoms with Crippen molar-refractivity contribution < 1.29 is 9.53 Å². The number of thiazole rings is 1. The van der Waals surface area contributed by atoms with Crippen molar-refractivity contribution in [3.05, 3.63) is 53.1 Å². The predicted molar refractivity (Wildman–Crippen MR) is 128 cm³/mol. The number of ether oxygens (including phenoxy) is 1. The standard InChI is InChI=1S/C24H28ClN3O2S/c1-3-4-11-27(15-18-6-5-7-21(13-18)30-17(2)29)20-10-12-28(16-20)24-26-22-9-8-19(25)14-23(22)31-24/h5-9,13-14,20H,3-4,10-12,15-16H2,1-2H3. The minimum Gasteiger partial charge on any atom is -0.427 e. The molecule has 1 saturated heterocycles. The second-order valence-corrected chi connectivity index (χ2v) is 9.51. The fraction of sp³-hybridized carbons (Fsp3) is 0.417. The lowest BCUT2D eigenvalue weighted by atomic mass is 10.1. The first-order valence-electron chi connectivity index (χ1n) is 10.8. The van der Waals surface area contributed by atoms with E-state index in [2.05, 4.69) is 22.8 Å². The smallest absolute Gasteiger partial charge is 0.308 e. The van der Waals surface area contributed by atoms with Crippen LogP contribution in [0.15, 0.2) is 42.5 Å². The zero-order chi connectivity index (χ0) is 21.8. The zero-order valence-corrected chi connectivity index (χ0v) is 19.6. The lowest BCUT2D eigenvalue weighted by Crippen LogP contribution is -2.37. The molecule has 1 aliphatic heterocycles. The summed E-state index contributed by atoms with van der Waals surface area (Å²) in [6.45, 7) is 7.55. The largest absolute Gasteiger partial charge is 0.427 e. The Morgan fingerprint density at radius 3 is 3.00 bits per heavy atom. The van der Waals surface area contributed by atoms with Gasteiger partial charge in [-0.05, 0) is 55.3 Å². The predicted octanol–water partition coefficient (Wildman–Crippen LogP) is 5.76. The van der Waals surface area contributed by atoms with Crippen LogP contribution in [0.25, 0.3) is 10.2 Å². The fourth-order valence-electron chi connectivity index (χ4n) is 4.09. The van der Waals surface area contributed by atoms with E-state index in [1.54, 1.807) is 11.3 Å². The Kier molecular flexibility index (Phi) is 7.10. The number of nitrogens with zero attached hydrogens (tertiary/aromatic N) is 3. The number of carbonyl (C=O) groups is 1. The Labute approximate surface area is 192 Å². The molecule has 4 rings (SSSR count). The minimum atomic E-state index is -0.288. The van der Waals surface area contributed by atoms with Crippen LogP contribution in [0, 0.1) is 0 Å². The molecule has 7 heteroatoms. The van der Waals surface area contributed by atoms with Crippen molar-refractivity contribution >= 4 is 44.3 Å². The van der Waals surface area contributed by atoms with E-state index >= 15 is 0 Å². The Balaban J connectivity index is 1.47. The van der Waals surface area contributed by atoms with E-state index in [1.807, 2.05) is 36.4 Å². The molecule has 2 aromatic carbocycles. The van der Waals surface area contributed by atoms with Crippen LogP contribution in [0.3, 0.4) is 0 Å². The number of unbranched alkanes of at least 4 members (excludes halogenated alkanes) is 1.